The molecule has 1 amide bonds. The van der Waals surface area contributed by atoms with E-state index < -0.39 is 0 Å². The number of carbonyl (C=O) groups is 1. The molecule has 0 spiro atoms. The average Bonchev–Trinajstić information content (AvgIpc) is 2.39. The number of hydrogen-bond acceptors (Lipinski definition) is 3. The maximum absolute atomic E-state index is 10.9. The van der Waals surface area contributed by atoms with Crippen molar-refractivity contribution >= 4 is 29.0 Å². The number of benzene rings is 1. The van der Waals surface area contributed by atoms with E-state index in [0.717, 1.165) is 16.4 Å². The van der Waals surface area contributed by atoms with Gasteiger partial charge in [-0.1, -0.05) is 29.8 Å². The molecule has 0 saturated carbocycles. The van der Waals surface area contributed by atoms with Gasteiger partial charge in [0.2, 0.25) is 5.91 Å². The lowest BCUT2D eigenvalue weighted by atomic mass is 10.2. The van der Waals surface area contributed by atoms with E-state index >= 15 is 0 Å². The zero-order valence-electron chi connectivity index (χ0n) is 10.5. The van der Waals surface area contributed by atoms with Crippen LogP contribution in [0.15, 0.2) is 42.6 Å². The van der Waals surface area contributed by atoms with Gasteiger partial charge in [-0.2, -0.15) is 0 Å². The second kappa shape index (κ2) is 6.20. The largest absolute Gasteiger partial charge is 0.366 e. The molecule has 0 aliphatic heterocycles. The molecule has 2 aromatic rings. The van der Waals surface area contributed by atoms with Crippen LogP contribution in [-0.4, -0.2) is 10.9 Å². The molecule has 2 rings (SSSR count). The summed E-state index contributed by atoms with van der Waals surface area (Å²) in [7, 11) is 0. The van der Waals surface area contributed by atoms with Gasteiger partial charge in [-0.25, -0.2) is 4.98 Å². The summed E-state index contributed by atoms with van der Waals surface area (Å²) >= 11 is 6.07. The quantitative estimate of drug-likeness (QED) is 0.900. The van der Waals surface area contributed by atoms with Crippen LogP contribution >= 0.6 is 11.6 Å². The molecule has 0 fully saturated rings. The normalized spacial score (nSPS) is 10.0. The summed E-state index contributed by atoms with van der Waals surface area (Å²) in [6.45, 7) is 2.07. The minimum atomic E-state index is -0.112. The smallest absolute Gasteiger partial charge is 0.221 e. The van der Waals surface area contributed by atoms with Crippen molar-refractivity contribution in [2.75, 3.05) is 10.6 Å². The number of aromatic nitrogens is 1. The molecule has 0 bridgehead atoms. The molecular formula is C14H14ClN3O. The molecule has 4 nitrogen and oxygen atoms in total. The Labute approximate surface area is 116 Å². The van der Waals surface area contributed by atoms with E-state index in [2.05, 4.69) is 15.6 Å². The van der Waals surface area contributed by atoms with Crippen molar-refractivity contribution in [1.82, 2.24) is 4.98 Å². The molecule has 2 N–H and O–H groups in total. The van der Waals surface area contributed by atoms with E-state index in [1.165, 1.54) is 6.92 Å². The second-order valence-electron chi connectivity index (χ2n) is 4.06. The van der Waals surface area contributed by atoms with Crippen molar-refractivity contribution in [3.05, 3.63) is 53.2 Å². The van der Waals surface area contributed by atoms with Gasteiger partial charge in [0.15, 0.2) is 0 Å². The number of carbonyl (C=O) groups excluding carboxylic acids is 1. The lowest BCUT2D eigenvalue weighted by Crippen LogP contribution is -2.07. The van der Waals surface area contributed by atoms with Crippen LogP contribution in [0.1, 0.15) is 12.5 Å². The maximum atomic E-state index is 10.9. The van der Waals surface area contributed by atoms with E-state index in [1.807, 2.05) is 30.3 Å². The molecule has 19 heavy (non-hydrogen) atoms. The van der Waals surface area contributed by atoms with Gasteiger partial charge in [0, 0.05) is 18.5 Å². The molecule has 0 aliphatic carbocycles. The number of nitrogens with one attached hydrogen (secondary N) is 2. The number of hydrogen-bond donors (Lipinski definition) is 2. The van der Waals surface area contributed by atoms with E-state index in [9.17, 15) is 4.79 Å². The first-order valence-corrected chi connectivity index (χ1v) is 6.24. The molecule has 0 saturated heterocycles. The van der Waals surface area contributed by atoms with Gasteiger partial charge < -0.3 is 10.6 Å². The molecule has 0 unspecified atom stereocenters. The summed E-state index contributed by atoms with van der Waals surface area (Å²) in [4.78, 5) is 15.1. The molecule has 1 heterocycles. The highest BCUT2D eigenvalue weighted by atomic mass is 35.5. The van der Waals surface area contributed by atoms with Crippen LogP contribution in [0.25, 0.3) is 0 Å². The third-order valence-corrected chi connectivity index (χ3v) is 2.87. The Bertz CT molecular complexity index is 569. The first kappa shape index (κ1) is 13.4. The van der Waals surface area contributed by atoms with E-state index in [4.69, 9.17) is 11.6 Å². The van der Waals surface area contributed by atoms with E-state index in [1.54, 1.807) is 12.3 Å². The molecular weight excluding hydrogens is 262 g/mol. The zero-order valence-corrected chi connectivity index (χ0v) is 11.2. The summed E-state index contributed by atoms with van der Waals surface area (Å²) in [5, 5.41) is 6.57. The topological polar surface area (TPSA) is 54.0 Å². The lowest BCUT2D eigenvalue weighted by Gasteiger charge is -2.08. The number of halogens is 1. The van der Waals surface area contributed by atoms with Crippen LogP contribution in [-0.2, 0) is 11.3 Å². The summed E-state index contributed by atoms with van der Waals surface area (Å²) in [5.41, 5.74) is 1.69. The third-order valence-electron chi connectivity index (χ3n) is 2.50. The average molecular weight is 276 g/mol. The second-order valence-corrected chi connectivity index (χ2v) is 4.47. The first-order valence-electron chi connectivity index (χ1n) is 5.86. The molecule has 0 radical (unpaired) electrons. The molecule has 5 heteroatoms. The Morgan fingerprint density at radius 1 is 1.26 bits per heavy atom. The molecule has 98 valence electrons. The summed E-state index contributed by atoms with van der Waals surface area (Å²) in [6.07, 6.45) is 1.61. The summed E-state index contributed by atoms with van der Waals surface area (Å²) in [5.74, 6) is 0.618. The van der Waals surface area contributed by atoms with Crippen LogP contribution in [0, 0.1) is 0 Å². The van der Waals surface area contributed by atoms with Crippen molar-refractivity contribution < 1.29 is 4.79 Å². The Morgan fingerprint density at radius 2 is 2.05 bits per heavy atom. The highest BCUT2D eigenvalue weighted by molar-refractivity contribution is 6.31. The number of anilines is 2. The van der Waals surface area contributed by atoms with Gasteiger partial charge in [0.1, 0.15) is 5.82 Å². The Morgan fingerprint density at radius 3 is 2.68 bits per heavy atom. The molecule has 0 aliphatic rings. The fraction of sp³-hybridized carbons (Fsp3) is 0.143. The predicted octanol–water partition coefficient (Wildman–Crippen LogP) is 3.31. The molecule has 1 aromatic heterocycles. The van der Waals surface area contributed by atoms with Crippen molar-refractivity contribution in [1.29, 1.82) is 0 Å². The van der Waals surface area contributed by atoms with Crippen LogP contribution < -0.4 is 10.6 Å². The standard InChI is InChI=1S/C14H14ClN3O/c1-10(19)18-12-6-7-14(17-9-12)16-8-11-4-2-3-5-13(11)15/h2-7,9H,8H2,1H3,(H,16,17)(H,18,19). The number of pyridine rings is 1. The lowest BCUT2D eigenvalue weighted by molar-refractivity contribution is -0.114. The van der Waals surface area contributed by atoms with Crippen molar-refractivity contribution in [2.45, 2.75) is 13.5 Å². The Kier molecular flexibility index (Phi) is 4.36. The Hall–Kier alpha value is -2.07. The fourth-order valence-electron chi connectivity index (χ4n) is 1.60. The third kappa shape index (κ3) is 3.96. The number of rotatable bonds is 4. The first-order chi connectivity index (χ1) is 9.15. The zero-order chi connectivity index (χ0) is 13.7. The SMILES string of the molecule is CC(=O)Nc1ccc(NCc2ccccc2Cl)nc1. The Balaban J connectivity index is 1.97. The monoisotopic (exact) mass is 275 g/mol. The highest BCUT2D eigenvalue weighted by Crippen LogP contribution is 2.16. The van der Waals surface area contributed by atoms with Crippen molar-refractivity contribution in [2.24, 2.45) is 0 Å². The van der Waals surface area contributed by atoms with Gasteiger partial charge in [0.25, 0.3) is 0 Å². The van der Waals surface area contributed by atoms with Gasteiger partial charge in [0.05, 0.1) is 11.9 Å². The van der Waals surface area contributed by atoms with Crippen LogP contribution in [0.5, 0.6) is 0 Å². The van der Waals surface area contributed by atoms with Gasteiger partial charge >= 0.3 is 0 Å². The summed E-state index contributed by atoms with van der Waals surface area (Å²) in [6, 6.07) is 11.3. The highest BCUT2D eigenvalue weighted by Gasteiger charge is 2.00. The molecule has 0 atom stereocenters. The minimum absolute atomic E-state index is 0.112. The van der Waals surface area contributed by atoms with Crippen LogP contribution in [0.2, 0.25) is 5.02 Å². The van der Waals surface area contributed by atoms with E-state index in [-0.39, 0.29) is 5.91 Å². The van der Waals surface area contributed by atoms with Crippen LogP contribution in [0.3, 0.4) is 0 Å². The summed E-state index contributed by atoms with van der Waals surface area (Å²) < 4.78 is 0. The van der Waals surface area contributed by atoms with Crippen molar-refractivity contribution in [3.63, 3.8) is 0 Å². The maximum Gasteiger partial charge on any atom is 0.221 e. The van der Waals surface area contributed by atoms with Crippen molar-refractivity contribution in [3.8, 4) is 0 Å². The van der Waals surface area contributed by atoms with Gasteiger partial charge in [-0.15, -0.1) is 0 Å². The number of nitrogens with zero attached hydrogens (tertiary/aromatic N) is 1. The molecule has 1 aromatic carbocycles. The van der Waals surface area contributed by atoms with Gasteiger partial charge in [-0.3, -0.25) is 4.79 Å². The van der Waals surface area contributed by atoms with Gasteiger partial charge in [-0.05, 0) is 23.8 Å². The predicted molar refractivity (Wildman–Crippen MR) is 77.3 cm³/mol. The van der Waals surface area contributed by atoms with Crippen LogP contribution in [0.4, 0.5) is 11.5 Å². The minimum Gasteiger partial charge on any atom is -0.366 e. The van der Waals surface area contributed by atoms with E-state index in [0.29, 0.717) is 12.2 Å². The number of amides is 1. The fourth-order valence-corrected chi connectivity index (χ4v) is 1.81.